The molecule has 1 amide bonds. The Balaban J connectivity index is 2.33. The summed E-state index contributed by atoms with van der Waals surface area (Å²) in [5, 5.41) is 10.9. The smallest absolute Gasteiger partial charge is 0.221 e. The van der Waals surface area contributed by atoms with Gasteiger partial charge in [0.1, 0.15) is 0 Å². The number of amides is 1. The van der Waals surface area contributed by atoms with Crippen LogP contribution in [0.1, 0.15) is 12.8 Å². The summed E-state index contributed by atoms with van der Waals surface area (Å²) in [4.78, 5) is 22.1. The van der Waals surface area contributed by atoms with Crippen LogP contribution < -0.4 is 10.8 Å². The Kier molecular flexibility index (Phi) is 2.06. The van der Waals surface area contributed by atoms with Crippen LogP contribution in [-0.2, 0) is 9.59 Å². The second-order valence-electron chi connectivity index (χ2n) is 4.06. The van der Waals surface area contributed by atoms with Crippen LogP contribution in [0.3, 0.4) is 0 Å². The first-order valence-electron chi connectivity index (χ1n) is 4.79. The largest absolute Gasteiger partial charge is 0.550 e. The number of nitrogens with two attached hydrogens (primary N) is 1. The minimum atomic E-state index is -1.15. The van der Waals surface area contributed by atoms with Gasteiger partial charge >= 0.3 is 0 Å². The normalized spacial score (nSPS) is 39.7. The first kappa shape index (κ1) is 9.24. The van der Waals surface area contributed by atoms with Crippen molar-refractivity contribution in [1.82, 2.24) is 0 Å². The lowest BCUT2D eigenvalue weighted by Gasteiger charge is -2.43. The average Bonchev–Trinajstić information content (AvgIpc) is 2.17. The van der Waals surface area contributed by atoms with Gasteiger partial charge in [0, 0.05) is 11.9 Å². The number of hydrogen-bond acceptors (Lipinski definition) is 3. The Labute approximate surface area is 81.8 Å². The highest BCUT2D eigenvalue weighted by Gasteiger charge is 2.44. The molecule has 0 saturated heterocycles. The minimum absolute atomic E-state index is 0.000370. The maximum absolute atomic E-state index is 11.2. The topological polar surface area (TPSA) is 83.2 Å². The van der Waals surface area contributed by atoms with Gasteiger partial charge < -0.3 is 15.6 Å². The van der Waals surface area contributed by atoms with Gasteiger partial charge in [-0.3, -0.25) is 4.79 Å². The number of carbonyl (C=O) groups excluding carboxylic acids is 2. The van der Waals surface area contributed by atoms with Gasteiger partial charge in [-0.1, -0.05) is 12.2 Å². The molecule has 0 aromatic carbocycles. The molecule has 3 rings (SSSR count). The molecule has 0 heterocycles. The summed E-state index contributed by atoms with van der Waals surface area (Å²) in [6.07, 6.45) is 5.49. The van der Waals surface area contributed by atoms with E-state index in [1.807, 2.05) is 12.2 Å². The fourth-order valence-corrected chi connectivity index (χ4v) is 2.70. The van der Waals surface area contributed by atoms with Crippen LogP contribution in [0.4, 0.5) is 0 Å². The molecule has 0 aromatic rings. The summed E-state index contributed by atoms with van der Waals surface area (Å²) in [6.45, 7) is 0. The number of carboxylic acids is 1. The molecule has 3 aliphatic rings. The van der Waals surface area contributed by atoms with Gasteiger partial charge in [0.05, 0.1) is 5.92 Å². The maximum atomic E-state index is 11.2. The standard InChI is InChI=1S/C10H13NO3/c11-9(12)7-5-1-3-6(4-2-5)8(7)10(13)14/h1,3,5-8H,2,4H2,(H2,11,12)(H,13,14)/p-1. The lowest BCUT2D eigenvalue weighted by molar-refractivity contribution is -0.316. The Bertz CT molecular complexity index is 280. The fraction of sp³-hybridized carbons (Fsp3) is 0.600. The highest BCUT2D eigenvalue weighted by molar-refractivity contribution is 5.84. The minimum Gasteiger partial charge on any atom is -0.550 e. The molecule has 4 unspecified atom stereocenters. The van der Waals surface area contributed by atoms with Gasteiger partial charge in [0.2, 0.25) is 5.91 Å². The first-order chi connectivity index (χ1) is 6.61. The summed E-state index contributed by atoms with van der Waals surface area (Å²) in [5.41, 5.74) is 5.22. The summed E-state index contributed by atoms with van der Waals surface area (Å²) < 4.78 is 0. The second-order valence-corrected chi connectivity index (χ2v) is 4.06. The first-order valence-corrected chi connectivity index (χ1v) is 4.79. The van der Waals surface area contributed by atoms with E-state index in [0.29, 0.717) is 0 Å². The molecule has 4 heteroatoms. The van der Waals surface area contributed by atoms with E-state index in [1.165, 1.54) is 0 Å². The van der Waals surface area contributed by atoms with E-state index < -0.39 is 23.7 Å². The molecule has 3 aliphatic carbocycles. The highest BCUT2D eigenvalue weighted by atomic mass is 16.4. The van der Waals surface area contributed by atoms with Crippen molar-refractivity contribution >= 4 is 11.9 Å². The molecule has 0 aromatic heterocycles. The van der Waals surface area contributed by atoms with Crippen LogP contribution in [0.2, 0.25) is 0 Å². The van der Waals surface area contributed by atoms with Gasteiger partial charge in [0.25, 0.3) is 0 Å². The van der Waals surface area contributed by atoms with Crippen LogP contribution in [0.25, 0.3) is 0 Å². The van der Waals surface area contributed by atoms with Crippen molar-refractivity contribution in [3.63, 3.8) is 0 Å². The van der Waals surface area contributed by atoms with E-state index in [4.69, 9.17) is 5.73 Å². The van der Waals surface area contributed by atoms with Crippen LogP contribution in [0, 0.1) is 23.7 Å². The van der Waals surface area contributed by atoms with Crippen molar-refractivity contribution in [2.24, 2.45) is 29.4 Å². The van der Waals surface area contributed by atoms with Gasteiger partial charge in [-0.25, -0.2) is 0 Å². The van der Waals surface area contributed by atoms with E-state index in [9.17, 15) is 14.7 Å². The molecule has 76 valence electrons. The Morgan fingerprint density at radius 1 is 1.14 bits per heavy atom. The van der Waals surface area contributed by atoms with Crippen molar-refractivity contribution in [2.45, 2.75) is 12.8 Å². The summed E-state index contributed by atoms with van der Waals surface area (Å²) in [5.74, 6) is -3.01. The molecule has 1 saturated carbocycles. The Morgan fingerprint density at radius 3 is 1.93 bits per heavy atom. The molecular formula is C10H12NO3-. The number of aliphatic carboxylic acids is 1. The maximum Gasteiger partial charge on any atom is 0.221 e. The third-order valence-corrected chi connectivity index (χ3v) is 3.35. The van der Waals surface area contributed by atoms with E-state index in [0.717, 1.165) is 12.8 Å². The van der Waals surface area contributed by atoms with Crippen molar-refractivity contribution in [3.05, 3.63) is 12.2 Å². The molecule has 1 fully saturated rings. The third-order valence-electron chi connectivity index (χ3n) is 3.35. The third kappa shape index (κ3) is 1.22. The molecule has 0 spiro atoms. The molecule has 2 N–H and O–H groups in total. The molecule has 2 bridgehead atoms. The molecular weight excluding hydrogens is 182 g/mol. The van der Waals surface area contributed by atoms with Gasteiger partial charge in [-0.2, -0.15) is 0 Å². The number of primary amides is 1. The van der Waals surface area contributed by atoms with Crippen molar-refractivity contribution in [2.75, 3.05) is 0 Å². The highest BCUT2D eigenvalue weighted by Crippen LogP contribution is 2.44. The van der Waals surface area contributed by atoms with E-state index in [-0.39, 0.29) is 11.8 Å². The predicted octanol–water partition coefficient (Wildman–Crippen LogP) is -0.950. The fourth-order valence-electron chi connectivity index (χ4n) is 2.70. The van der Waals surface area contributed by atoms with Crippen molar-refractivity contribution < 1.29 is 14.7 Å². The van der Waals surface area contributed by atoms with Crippen LogP contribution in [0.5, 0.6) is 0 Å². The Hall–Kier alpha value is -1.32. The quantitative estimate of drug-likeness (QED) is 0.575. The van der Waals surface area contributed by atoms with Gasteiger partial charge in [-0.05, 0) is 24.7 Å². The SMILES string of the molecule is NC(=O)C1C2C=CC(CC2)C1C(=O)[O-]. The lowest BCUT2D eigenvalue weighted by Crippen LogP contribution is -2.51. The van der Waals surface area contributed by atoms with Crippen molar-refractivity contribution in [1.29, 1.82) is 0 Å². The zero-order valence-electron chi connectivity index (χ0n) is 7.68. The molecule has 14 heavy (non-hydrogen) atoms. The summed E-state index contributed by atoms with van der Waals surface area (Å²) in [6, 6.07) is 0. The molecule has 0 radical (unpaired) electrons. The zero-order valence-corrected chi connectivity index (χ0v) is 7.68. The van der Waals surface area contributed by atoms with Gasteiger partial charge in [-0.15, -0.1) is 0 Å². The number of carboxylic acid groups (broad SMARTS) is 1. The predicted molar refractivity (Wildman–Crippen MR) is 46.5 cm³/mol. The van der Waals surface area contributed by atoms with Gasteiger partial charge in [0.15, 0.2) is 0 Å². The average molecular weight is 194 g/mol. The number of allylic oxidation sites excluding steroid dienone is 2. The second kappa shape index (κ2) is 3.12. The monoisotopic (exact) mass is 194 g/mol. The summed E-state index contributed by atoms with van der Waals surface area (Å²) >= 11 is 0. The molecule has 4 nitrogen and oxygen atoms in total. The number of carbonyl (C=O) groups is 2. The van der Waals surface area contributed by atoms with Crippen LogP contribution >= 0.6 is 0 Å². The number of rotatable bonds is 2. The molecule has 4 atom stereocenters. The van der Waals surface area contributed by atoms with Crippen LogP contribution in [0.15, 0.2) is 12.2 Å². The van der Waals surface area contributed by atoms with E-state index in [2.05, 4.69) is 0 Å². The van der Waals surface area contributed by atoms with E-state index >= 15 is 0 Å². The molecule has 0 aliphatic heterocycles. The van der Waals surface area contributed by atoms with Crippen LogP contribution in [-0.4, -0.2) is 11.9 Å². The summed E-state index contributed by atoms with van der Waals surface area (Å²) in [7, 11) is 0. The van der Waals surface area contributed by atoms with E-state index in [1.54, 1.807) is 0 Å². The number of hydrogen-bond donors (Lipinski definition) is 1. The number of fused-ring (bicyclic) bond motifs is 2. The Morgan fingerprint density at radius 2 is 1.64 bits per heavy atom. The lowest BCUT2D eigenvalue weighted by atomic mass is 9.62. The zero-order chi connectivity index (χ0) is 10.3. The van der Waals surface area contributed by atoms with Crippen molar-refractivity contribution in [3.8, 4) is 0 Å².